The van der Waals surface area contributed by atoms with Gasteiger partial charge in [-0.2, -0.15) is 0 Å². The van der Waals surface area contributed by atoms with Crippen molar-refractivity contribution in [2.24, 2.45) is 0 Å². The summed E-state index contributed by atoms with van der Waals surface area (Å²) >= 11 is 0. The Labute approximate surface area is 176 Å². The zero-order valence-corrected chi connectivity index (χ0v) is 17.5. The van der Waals surface area contributed by atoms with Gasteiger partial charge in [-0.05, 0) is 29.8 Å². The number of ether oxygens (including phenoxy) is 5. The Hall–Kier alpha value is -3.40. The number of fused-ring (bicyclic) bond motifs is 1. The van der Waals surface area contributed by atoms with Crippen LogP contribution >= 0.6 is 7.82 Å². The minimum absolute atomic E-state index is 0.0547. The second-order valence-corrected chi connectivity index (χ2v) is 7.31. The van der Waals surface area contributed by atoms with Crippen LogP contribution in [0.15, 0.2) is 35.1 Å². The van der Waals surface area contributed by atoms with E-state index in [1.165, 1.54) is 33.7 Å². The second-order valence-electron chi connectivity index (χ2n) is 6.24. The smallest absolute Gasteiger partial charge is 0.231 e. The predicted octanol–water partition coefficient (Wildman–Crippen LogP) is 1.97. The van der Waals surface area contributed by atoms with Crippen molar-refractivity contribution in [1.29, 1.82) is 0 Å². The molecule has 0 saturated carbocycles. The van der Waals surface area contributed by atoms with Crippen molar-refractivity contribution in [2.45, 2.75) is 0 Å². The average molecular weight is 449 g/mol. The third kappa shape index (κ3) is 3.98. The third-order valence-corrected chi connectivity index (χ3v) is 4.89. The van der Waals surface area contributed by atoms with E-state index in [1.54, 1.807) is 18.2 Å². The van der Waals surface area contributed by atoms with E-state index in [1.807, 2.05) is 0 Å². The lowest BCUT2D eigenvalue weighted by molar-refractivity contribution is -0.333. The van der Waals surface area contributed by atoms with Gasteiger partial charge >= 0.3 is 0 Å². The van der Waals surface area contributed by atoms with E-state index in [9.17, 15) is 14.4 Å². The molecule has 1 aliphatic heterocycles. The molecule has 1 aliphatic rings. The Morgan fingerprint density at radius 2 is 1.65 bits per heavy atom. The molecule has 0 amide bonds. The normalized spacial score (nSPS) is 12.5. The molecule has 0 radical (unpaired) electrons. The number of hydrogen-bond donors (Lipinski definition) is 0. The lowest BCUT2D eigenvalue weighted by atomic mass is 10.0. The van der Waals surface area contributed by atoms with E-state index >= 15 is 0 Å². The SMILES string of the molecule is COc1cc(-c2conc2-c2cc(OC)c3c(c2)OCO3)cc(OP(=O)([O-])[O-])c1OC. The lowest BCUT2D eigenvalue weighted by Crippen LogP contribution is -2.19. The van der Waals surface area contributed by atoms with Gasteiger partial charge in [-0.15, -0.1) is 0 Å². The highest BCUT2D eigenvalue weighted by Gasteiger charge is 2.24. The fourth-order valence-electron chi connectivity index (χ4n) is 3.19. The molecule has 0 fully saturated rings. The number of nitrogens with zero attached hydrogens (tertiary/aromatic N) is 1. The highest BCUT2D eigenvalue weighted by Crippen LogP contribution is 2.48. The minimum atomic E-state index is -5.37. The molecule has 4 rings (SSSR count). The van der Waals surface area contributed by atoms with Crippen LogP contribution < -0.4 is 38.0 Å². The van der Waals surface area contributed by atoms with Crippen LogP contribution in [-0.2, 0) is 4.57 Å². The Kier molecular flexibility index (Phi) is 5.40. The summed E-state index contributed by atoms with van der Waals surface area (Å²) < 4.78 is 47.6. The molecule has 0 saturated heterocycles. The number of benzene rings is 2. The quantitative estimate of drug-likeness (QED) is 0.488. The number of hydrogen-bond acceptors (Lipinski definition) is 11. The molecule has 2 heterocycles. The van der Waals surface area contributed by atoms with Crippen molar-refractivity contribution in [1.82, 2.24) is 5.16 Å². The lowest BCUT2D eigenvalue weighted by Gasteiger charge is -2.30. The van der Waals surface area contributed by atoms with Gasteiger partial charge in [0.05, 0.1) is 21.3 Å². The maximum absolute atomic E-state index is 11.2. The highest BCUT2D eigenvalue weighted by molar-refractivity contribution is 7.43. The van der Waals surface area contributed by atoms with Gasteiger partial charge in [-0.1, -0.05) is 5.16 Å². The average Bonchev–Trinajstić information content (AvgIpc) is 3.40. The van der Waals surface area contributed by atoms with Crippen LogP contribution in [0.4, 0.5) is 0 Å². The maximum Gasteiger partial charge on any atom is 0.231 e. The minimum Gasteiger partial charge on any atom is -0.780 e. The van der Waals surface area contributed by atoms with Gasteiger partial charge in [0.25, 0.3) is 0 Å². The number of rotatable bonds is 7. The summed E-state index contributed by atoms with van der Waals surface area (Å²) in [4.78, 5) is 22.4. The zero-order chi connectivity index (χ0) is 22.2. The highest BCUT2D eigenvalue weighted by atomic mass is 31.2. The molecule has 1 aromatic heterocycles. The van der Waals surface area contributed by atoms with Crippen molar-refractivity contribution in [3.05, 3.63) is 30.5 Å². The van der Waals surface area contributed by atoms with Gasteiger partial charge in [0, 0.05) is 11.1 Å². The number of methoxy groups -OCH3 is 3. The van der Waals surface area contributed by atoms with Gasteiger partial charge in [-0.25, -0.2) is 0 Å². The van der Waals surface area contributed by atoms with Crippen LogP contribution in [-0.4, -0.2) is 33.3 Å². The molecule has 0 N–H and O–H groups in total. The van der Waals surface area contributed by atoms with E-state index in [4.69, 9.17) is 28.2 Å². The fraction of sp³-hybridized carbons (Fsp3) is 0.211. The Bertz CT molecular complexity index is 1170. The van der Waals surface area contributed by atoms with E-state index in [0.29, 0.717) is 39.6 Å². The first kappa shape index (κ1) is 20.9. The zero-order valence-electron chi connectivity index (χ0n) is 16.6. The third-order valence-electron chi connectivity index (χ3n) is 4.47. The van der Waals surface area contributed by atoms with E-state index in [-0.39, 0.29) is 24.0 Å². The molecule has 164 valence electrons. The van der Waals surface area contributed by atoms with Crippen molar-refractivity contribution in [2.75, 3.05) is 28.1 Å². The van der Waals surface area contributed by atoms with Crippen LogP contribution in [0, 0.1) is 0 Å². The standard InChI is InChI=1S/C19H18NO10P/c1-24-13-4-10(5-16(18(13)26-3)30-31(21,22)23)12-8-29-20-17(12)11-6-14(25-2)19-15(7-11)27-9-28-19/h4-8H,9H2,1-3H3,(H2,21,22,23)/p-2. The molecule has 11 nitrogen and oxygen atoms in total. The van der Waals surface area contributed by atoms with Crippen LogP contribution in [0.2, 0.25) is 0 Å². The predicted molar refractivity (Wildman–Crippen MR) is 101 cm³/mol. The van der Waals surface area contributed by atoms with E-state index < -0.39 is 7.82 Å². The molecule has 12 heteroatoms. The van der Waals surface area contributed by atoms with Crippen molar-refractivity contribution in [3.8, 4) is 56.9 Å². The first-order chi connectivity index (χ1) is 14.8. The van der Waals surface area contributed by atoms with Crippen LogP contribution in [0.5, 0.6) is 34.5 Å². The molecule has 0 unspecified atom stereocenters. The molecule has 0 aliphatic carbocycles. The molecule has 2 aromatic carbocycles. The number of phosphoric acid groups is 1. The van der Waals surface area contributed by atoms with Gasteiger partial charge in [0.2, 0.25) is 18.3 Å². The Morgan fingerprint density at radius 1 is 0.935 bits per heavy atom. The summed E-state index contributed by atoms with van der Waals surface area (Å²) in [6.07, 6.45) is 1.35. The molecule has 0 atom stereocenters. The number of aromatic nitrogens is 1. The molecular formula is C19H16NO10P-2. The second kappa shape index (κ2) is 8.03. The first-order valence-corrected chi connectivity index (χ1v) is 10.2. The first-order valence-electron chi connectivity index (χ1n) is 8.75. The topological polar surface area (TPSA) is 145 Å². The summed E-state index contributed by atoms with van der Waals surface area (Å²) in [5.74, 6) is 1.13. The summed E-state index contributed by atoms with van der Waals surface area (Å²) in [7, 11) is -1.23. The monoisotopic (exact) mass is 449 g/mol. The Balaban J connectivity index is 1.86. The maximum atomic E-state index is 11.2. The molecule has 3 aromatic rings. The van der Waals surface area contributed by atoms with Crippen molar-refractivity contribution < 1.29 is 47.1 Å². The van der Waals surface area contributed by atoms with Gasteiger partial charge < -0.3 is 47.1 Å². The van der Waals surface area contributed by atoms with Crippen molar-refractivity contribution >= 4 is 7.82 Å². The van der Waals surface area contributed by atoms with Gasteiger partial charge in [0.15, 0.2) is 23.0 Å². The van der Waals surface area contributed by atoms with Crippen LogP contribution in [0.3, 0.4) is 0 Å². The van der Waals surface area contributed by atoms with Crippen LogP contribution in [0.25, 0.3) is 22.4 Å². The fourth-order valence-corrected chi connectivity index (χ4v) is 3.57. The summed E-state index contributed by atoms with van der Waals surface area (Å²) in [5.41, 5.74) is 1.83. The van der Waals surface area contributed by atoms with Crippen LogP contribution in [0.1, 0.15) is 0 Å². The van der Waals surface area contributed by atoms with Gasteiger partial charge in [0.1, 0.15) is 19.8 Å². The molecule has 0 bridgehead atoms. The van der Waals surface area contributed by atoms with Gasteiger partial charge in [-0.3, -0.25) is 0 Å². The molecule has 31 heavy (non-hydrogen) atoms. The molecular weight excluding hydrogens is 433 g/mol. The van der Waals surface area contributed by atoms with E-state index in [0.717, 1.165) is 0 Å². The summed E-state index contributed by atoms with van der Waals surface area (Å²) in [5, 5.41) is 4.05. The van der Waals surface area contributed by atoms with E-state index in [2.05, 4.69) is 9.68 Å². The van der Waals surface area contributed by atoms with Crippen molar-refractivity contribution in [3.63, 3.8) is 0 Å². The number of phosphoric ester groups is 1. The summed E-state index contributed by atoms with van der Waals surface area (Å²) in [6.45, 7) is 0.0572. The Morgan fingerprint density at radius 3 is 2.32 bits per heavy atom. The largest absolute Gasteiger partial charge is 0.780 e. The molecule has 0 spiro atoms. The summed E-state index contributed by atoms with van der Waals surface area (Å²) in [6, 6.07) is 6.26.